The van der Waals surface area contributed by atoms with Gasteiger partial charge in [-0.15, -0.1) is 0 Å². The third-order valence-corrected chi connectivity index (χ3v) is 3.73. The molecule has 0 aromatic heterocycles. The van der Waals surface area contributed by atoms with Crippen molar-refractivity contribution in [3.63, 3.8) is 0 Å². The van der Waals surface area contributed by atoms with Gasteiger partial charge in [-0.1, -0.05) is 38.5 Å². The summed E-state index contributed by atoms with van der Waals surface area (Å²) in [6, 6.07) is 9.03. The Bertz CT molecular complexity index is 493. The van der Waals surface area contributed by atoms with Crippen molar-refractivity contribution in [2.75, 3.05) is 6.54 Å². The molecule has 108 valence electrons. The Labute approximate surface area is 121 Å². The van der Waals surface area contributed by atoms with E-state index in [1.54, 1.807) is 11.0 Å². The summed E-state index contributed by atoms with van der Waals surface area (Å²) in [7, 11) is 0. The Morgan fingerprint density at radius 1 is 1.40 bits per heavy atom. The highest BCUT2D eigenvalue weighted by molar-refractivity contribution is 5.82. The van der Waals surface area contributed by atoms with Crippen LogP contribution >= 0.6 is 0 Å². The minimum atomic E-state index is -0.478. The largest absolute Gasteiger partial charge is 0.337 e. The lowest BCUT2D eigenvalue weighted by Crippen LogP contribution is -2.46. The molecule has 20 heavy (non-hydrogen) atoms. The van der Waals surface area contributed by atoms with Crippen molar-refractivity contribution in [1.29, 1.82) is 5.26 Å². The smallest absolute Gasteiger partial charge is 0.240 e. The Morgan fingerprint density at radius 2 is 2.05 bits per heavy atom. The average Bonchev–Trinajstić information content (AvgIpc) is 2.50. The number of benzene rings is 1. The highest BCUT2D eigenvalue weighted by Gasteiger charge is 2.24. The van der Waals surface area contributed by atoms with E-state index in [0.717, 1.165) is 12.0 Å². The van der Waals surface area contributed by atoms with Crippen molar-refractivity contribution in [3.8, 4) is 6.07 Å². The summed E-state index contributed by atoms with van der Waals surface area (Å²) < 4.78 is 0. The summed E-state index contributed by atoms with van der Waals surface area (Å²) in [5, 5.41) is 9.10. The highest BCUT2D eigenvalue weighted by atomic mass is 16.2. The quantitative estimate of drug-likeness (QED) is 0.864. The van der Waals surface area contributed by atoms with E-state index in [1.165, 1.54) is 0 Å². The molecular weight excluding hydrogens is 250 g/mol. The van der Waals surface area contributed by atoms with Gasteiger partial charge >= 0.3 is 0 Å². The van der Waals surface area contributed by atoms with Crippen LogP contribution in [0.1, 0.15) is 38.3 Å². The standard InChI is InChI=1S/C16H23N3O/c1-4-12(3)15(18)16(20)19(5-2)11-14-9-7-6-8-13(14)10-17/h6-9,12,15H,4-5,11,18H2,1-3H3. The van der Waals surface area contributed by atoms with Crippen LogP contribution in [0.5, 0.6) is 0 Å². The molecule has 2 atom stereocenters. The maximum atomic E-state index is 12.4. The lowest BCUT2D eigenvalue weighted by atomic mass is 9.98. The van der Waals surface area contributed by atoms with E-state index < -0.39 is 6.04 Å². The number of nitrogens with two attached hydrogens (primary N) is 1. The van der Waals surface area contributed by atoms with Crippen molar-refractivity contribution in [2.45, 2.75) is 39.8 Å². The molecule has 0 fully saturated rings. The SMILES string of the molecule is CCC(C)C(N)C(=O)N(CC)Cc1ccccc1C#N. The van der Waals surface area contributed by atoms with Crippen LogP contribution in [0, 0.1) is 17.2 Å². The maximum absolute atomic E-state index is 12.4. The number of nitrogens with zero attached hydrogens (tertiary/aromatic N) is 2. The molecule has 1 aromatic carbocycles. The molecule has 0 radical (unpaired) electrons. The Balaban J connectivity index is 2.87. The topological polar surface area (TPSA) is 70.1 Å². The Morgan fingerprint density at radius 3 is 2.60 bits per heavy atom. The zero-order chi connectivity index (χ0) is 15.1. The van der Waals surface area contributed by atoms with E-state index in [4.69, 9.17) is 11.0 Å². The van der Waals surface area contributed by atoms with E-state index in [-0.39, 0.29) is 11.8 Å². The van der Waals surface area contributed by atoms with Gasteiger partial charge in [0.25, 0.3) is 0 Å². The van der Waals surface area contributed by atoms with E-state index in [1.807, 2.05) is 39.0 Å². The summed E-state index contributed by atoms with van der Waals surface area (Å²) >= 11 is 0. The van der Waals surface area contributed by atoms with Gasteiger partial charge in [0, 0.05) is 13.1 Å². The molecule has 0 aliphatic carbocycles. The third kappa shape index (κ3) is 3.82. The fourth-order valence-corrected chi connectivity index (χ4v) is 2.03. The molecule has 0 bridgehead atoms. The molecule has 0 heterocycles. The number of nitriles is 1. The minimum Gasteiger partial charge on any atom is -0.337 e. The second-order valence-corrected chi connectivity index (χ2v) is 5.03. The molecule has 1 rings (SSSR count). The van der Waals surface area contributed by atoms with Gasteiger partial charge in [0.2, 0.25) is 5.91 Å². The first-order valence-electron chi connectivity index (χ1n) is 7.07. The van der Waals surface area contributed by atoms with Gasteiger partial charge in [0.05, 0.1) is 17.7 Å². The lowest BCUT2D eigenvalue weighted by molar-refractivity contribution is -0.134. The zero-order valence-corrected chi connectivity index (χ0v) is 12.5. The molecule has 0 saturated carbocycles. The van der Waals surface area contributed by atoms with E-state index in [9.17, 15) is 4.79 Å². The first kappa shape index (κ1) is 16.2. The monoisotopic (exact) mass is 273 g/mol. The van der Waals surface area contributed by atoms with E-state index in [2.05, 4.69) is 6.07 Å². The first-order valence-corrected chi connectivity index (χ1v) is 7.07. The van der Waals surface area contributed by atoms with E-state index >= 15 is 0 Å². The van der Waals surface area contributed by atoms with Crippen molar-refractivity contribution < 1.29 is 4.79 Å². The Hall–Kier alpha value is -1.86. The molecule has 0 aliphatic heterocycles. The van der Waals surface area contributed by atoms with Crippen LogP contribution in [0.2, 0.25) is 0 Å². The lowest BCUT2D eigenvalue weighted by Gasteiger charge is -2.27. The normalized spacial score (nSPS) is 13.3. The molecule has 2 N–H and O–H groups in total. The highest BCUT2D eigenvalue weighted by Crippen LogP contribution is 2.14. The third-order valence-electron chi connectivity index (χ3n) is 3.73. The molecule has 2 unspecified atom stereocenters. The van der Waals surface area contributed by atoms with Crippen LogP contribution in [-0.4, -0.2) is 23.4 Å². The summed E-state index contributed by atoms with van der Waals surface area (Å²) in [5.41, 5.74) is 7.49. The second kappa shape index (κ2) is 7.66. The van der Waals surface area contributed by atoms with Crippen molar-refractivity contribution >= 4 is 5.91 Å². The van der Waals surface area contributed by atoms with Gasteiger partial charge in [-0.05, 0) is 24.5 Å². The van der Waals surface area contributed by atoms with Gasteiger partial charge in [-0.2, -0.15) is 5.26 Å². The van der Waals surface area contributed by atoms with Crippen LogP contribution in [0.3, 0.4) is 0 Å². The zero-order valence-electron chi connectivity index (χ0n) is 12.5. The van der Waals surface area contributed by atoms with Gasteiger partial charge in [0.1, 0.15) is 0 Å². The van der Waals surface area contributed by atoms with Gasteiger partial charge in [-0.3, -0.25) is 4.79 Å². The Kier molecular flexibility index (Phi) is 6.20. The van der Waals surface area contributed by atoms with Crippen LogP contribution < -0.4 is 5.73 Å². The van der Waals surface area contributed by atoms with Crippen LogP contribution in [-0.2, 0) is 11.3 Å². The number of carbonyl (C=O) groups is 1. The summed E-state index contributed by atoms with van der Waals surface area (Å²) in [4.78, 5) is 14.1. The van der Waals surface area contributed by atoms with Gasteiger partial charge in [0.15, 0.2) is 0 Å². The molecule has 0 saturated heterocycles. The van der Waals surface area contributed by atoms with Crippen molar-refractivity contribution in [3.05, 3.63) is 35.4 Å². The number of amides is 1. The summed E-state index contributed by atoms with van der Waals surface area (Å²) in [6.07, 6.45) is 0.874. The maximum Gasteiger partial charge on any atom is 0.240 e. The average molecular weight is 273 g/mol. The molecule has 4 nitrogen and oxygen atoms in total. The molecule has 0 aliphatic rings. The number of likely N-dealkylation sites (N-methyl/N-ethyl adjacent to an activating group) is 1. The molecule has 1 amide bonds. The number of carbonyl (C=O) groups excluding carboxylic acids is 1. The predicted octanol–water partition coefficient (Wildman–Crippen LogP) is 2.28. The van der Waals surface area contributed by atoms with E-state index in [0.29, 0.717) is 18.7 Å². The van der Waals surface area contributed by atoms with Crippen LogP contribution in [0.25, 0.3) is 0 Å². The molecular formula is C16H23N3O. The van der Waals surface area contributed by atoms with Gasteiger partial charge in [-0.25, -0.2) is 0 Å². The second-order valence-electron chi connectivity index (χ2n) is 5.03. The van der Waals surface area contributed by atoms with Crippen molar-refractivity contribution in [2.24, 2.45) is 11.7 Å². The summed E-state index contributed by atoms with van der Waals surface area (Å²) in [6.45, 7) is 6.96. The predicted molar refractivity (Wildman–Crippen MR) is 79.7 cm³/mol. The van der Waals surface area contributed by atoms with Gasteiger partial charge < -0.3 is 10.6 Å². The molecule has 1 aromatic rings. The minimum absolute atomic E-state index is 0.0467. The first-order chi connectivity index (χ1) is 9.54. The number of rotatable bonds is 6. The van der Waals surface area contributed by atoms with Crippen LogP contribution in [0.4, 0.5) is 0 Å². The fourth-order valence-electron chi connectivity index (χ4n) is 2.03. The molecule has 0 spiro atoms. The van der Waals surface area contributed by atoms with Crippen molar-refractivity contribution in [1.82, 2.24) is 4.90 Å². The number of hydrogen-bond donors (Lipinski definition) is 1. The fraction of sp³-hybridized carbons (Fsp3) is 0.500. The molecule has 4 heteroatoms. The number of hydrogen-bond acceptors (Lipinski definition) is 3. The summed E-state index contributed by atoms with van der Waals surface area (Å²) in [5.74, 6) is 0.109. The van der Waals surface area contributed by atoms with Crippen LogP contribution in [0.15, 0.2) is 24.3 Å².